The minimum Gasteiger partial charge on any atom is -0.481 e. The number of primary amides is 2. The highest BCUT2D eigenvalue weighted by atomic mass is 16.4. The molecule has 22 N–H and O–H groups in total. The van der Waals surface area contributed by atoms with E-state index < -0.39 is 270 Å². The molecular weight excluding hydrogens is 1820 g/mol. The zero-order valence-electron chi connectivity index (χ0n) is 82.7. The van der Waals surface area contributed by atoms with Crippen LogP contribution in [0, 0.1) is 29.6 Å². The molecular formula is C100H143N17O24. The summed E-state index contributed by atoms with van der Waals surface area (Å²) in [6.07, 6.45) is 4.50. The lowest BCUT2D eigenvalue weighted by Crippen LogP contribution is -2.65. The molecule has 0 bridgehead atoms. The number of carbonyl (C=O) groups excluding carboxylic acids is 19. The molecule has 3 unspecified atom stereocenters. The molecule has 14 amide bonds. The van der Waals surface area contributed by atoms with E-state index in [1.807, 2.05) is 12.2 Å². The molecule has 41 nitrogen and oxygen atoms in total. The number of rotatable bonds is 40. The second kappa shape index (κ2) is 56.2. The first-order valence-electron chi connectivity index (χ1n) is 48.3. The quantitative estimate of drug-likeness (QED) is 0.0224. The van der Waals surface area contributed by atoms with Crippen molar-refractivity contribution in [1.82, 2.24) is 79.4 Å². The Bertz CT molecular complexity index is 5130. The molecule has 1 saturated carbocycles. The topological polar surface area (TPSA) is 655 Å². The number of aliphatic hydroxyl groups excluding tert-OH is 1. The minimum atomic E-state index is -2.10. The summed E-state index contributed by atoms with van der Waals surface area (Å²) in [6, 6.07) is 2.63. The Morgan fingerprint density at radius 3 is 1.72 bits per heavy atom. The number of carboxylic acids is 2. The summed E-state index contributed by atoms with van der Waals surface area (Å²) in [5.41, 5.74) is 8.70. The van der Waals surface area contributed by atoms with Crippen molar-refractivity contribution in [2.45, 2.75) is 321 Å². The number of hydrogen-bond acceptors (Lipinski definition) is 24. The lowest BCUT2D eigenvalue weighted by Gasteiger charge is -2.35. The van der Waals surface area contributed by atoms with Gasteiger partial charge >= 0.3 is 11.9 Å². The van der Waals surface area contributed by atoms with Crippen LogP contribution >= 0.6 is 0 Å². The van der Waals surface area contributed by atoms with Crippen LogP contribution in [0.25, 0.3) is 10.9 Å². The third kappa shape index (κ3) is 37.7. The average molecular weight is 1970 g/mol. The Balaban J connectivity index is 1.40. The molecule has 1 aliphatic heterocycles. The second-order valence-corrected chi connectivity index (χ2v) is 38.2. The van der Waals surface area contributed by atoms with E-state index in [0.717, 1.165) is 6.42 Å². The van der Waals surface area contributed by atoms with Gasteiger partial charge in [0.1, 0.15) is 53.4 Å². The minimum absolute atomic E-state index is 0.00490. The van der Waals surface area contributed by atoms with Crippen LogP contribution in [0.15, 0.2) is 97.2 Å². The van der Waals surface area contributed by atoms with E-state index in [1.165, 1.54) is 100 Å². The van der Waals surface area contributed by atoms with E-state index in [1.54, 1.807) is 74.6 Å². The molecule has 2 aliphatic rings. The summed E-state index contributed by atoms with van der Waals surface area (Å²) in [7, 11) is 0. The number of benzene rings is 3. The zero-order valence-corrected chi connectivity index (χ0v) is 82.7. The van der Waals surface area contributed by atoms with Crippen LogP contribution < -0.4 is 85.9 Å². The van der Waals surface area contributed by atoms with Gasteiger partial charge in [0.05, 0.1) is 47.8 Å². The highest BCUT2D eigenvalue weighted by Gasteiger charge is 2.45. The van der Waals surface area contributed by atoms with Gasteiger partial charge in [-0.2, -0.15) is 0 Å². The van der Waals surface area contributed by atoms with Gasteiger partial charge < -0.3 is 106 Å². The summed E-state index contributed by atoms with van der Waals surface area (Å²) in [5, 5.41) is 69.1. The van der Waals surface area contributed by atoms with Crippen LogP contribution in [0.3, 0.4) is 0 Å². The van der Waals surface area contributed by atoms with Gasteiger partial charge in [0.15, 0.2) is 5.78 Å². The number of nitrogens with two attached hydrogens (primary N) is 2. The lowest BCUT2D eigenvalue weighted by molar-refractivity contribution is -0.141. The van der Waals surface area contributed by atoms with Gasteiger partial charge in [0.25, 0.3) is 0 Å². The predicted octanol–water partition coefficient (Wildman–Crippen LogP) is 1.96. The van der Waals surface area contributed by atoms with Gasteiger partial charge in [0.2, 0.25) is 106 Å². The summed E-state index contributed by atoms with van der Waals surface area (Å²) in [5.74, 6) is -23.6. The Morgan fingerprint density at radius 2 is 1.13 bits per heavy atom. The van der Waals surface area contributed by atoms with E-state index >= 15 is 33.6 Å². The molecule has 41 heteroatoms. The van der Waals surface area contributed by atoms with Crippen molar-refractivity contribution in [3.63, 3.8) is 0 Å². The predicted molar refractivity (Wildman–Crippen MR) is 519 cm³/mol. The molecule has 18 atom stereocenters. The van der Waals surface area contributed by atoms with Crippen LogP contribution in [0.4, 0.5) is 0 Å². The standard InChI is InChI=1S/C100H143N17O24/c1-54(2)45-76(111-63(11)119)93(135)115-81(62(10)118)95(137)113-77(48-65-29-22-21-23-30-65)94(136)117-100(13)44-27-20-18-16-14-15-17-19-26-43-99(12,97(140)110-61(9)89(131)109-60(8)88(130)108-59(7)87(129)106-57(5)83(125)82(124)56(4)103-51-55(3)86(102)128)116-91(133)70(46-64-31-28-32-64)53-105-73(39-41-79(101)121)85(127)84(126)58(6)107-90(132)68(49-69-52-104-72-34-25-24-33-71(69)72)50-78(120)75(47-66-35-37-67(38-36-66)96(138)139)112-92(134)74(114-98(100)141)40-42-80(122)123/h15,17,21-25,29-30,33-38,52,54-62,64,68,70,73-77,81,103-105,118H,14,16,18-20,26-28,31-32,39-51,53H2,1-13H3,(H2,101,121)(H2,102,128)(H,106,129)(H,107,132)(H,108,130)(H,109,131)(H,110,140)(H,111,119)(H,112,134)(H,113,137)(H,114,141)(H,115,135)(H,116,133)(H,117,136)(H,122,123)(H,138,139)/b17-15+/t55-,56-,57-,58?,59?,60-,61?,62+,68+,70+,73-,74-,75-,76-,77-,81-,99-,100-/m0/s1. The van der Waals surface area contributed by atoms with Crippen LogP contribution in [0.2, 0.25) is 0 Å². The van der Waals surface area contributed by atoms with E-state index in [0.29, 0.717) is 67.0 Å². The Labute approximate surface area is 820 Å². The van der Waals surface area contributed by atoms with Crippen LogP contribution in [-0.4, -0.2) is 247 Å². The van der Waals surface area contributed by atoms with Crippen molar-refractivity contribution in [3.05, 3.63) is 119 Å². The van der Waals surface area contributed by atoms with Gasteiger partial charge in [-0.15, -0.1) is 0 Å². The number of aromatic carboxylic acids is 1. The number of H-pyrrole nitrogens is 1. The molecule has 1 aromatic heterocycles. The van der Waals surface area contributed by atoms with Gasteiger partial charge in [-0.25, -0.2) is 4.79 Å². The highest BCUT2D eigenvalue weighted by molar-refractivity contribution is 6.41. The van der Waals surface area contributed by atoms with Crippen molar-refractivity contribution < 1.29 is 116 Å². The fourth-order valence-corrected chi connectivity index (χ4v) is 16.3. The lowest BCUT2D eigenvalue weighted by atomic mass is 9.78. The van der Waals surface area contributed by atoms with Gasteiger partial charge in [-0.3, -0.25) is 95.9 Å². The van der Waals surface area contributed by atoms with E-state index in [2.05, 4.69) is 79.4 Å². The summed E-state index contributed by atoms with van der Waals surface area (Å²) in [6.45, 7) is 17.7. The van der Waals surface area contributed by atoms with Crippen molar-refractivity contribution in [3.8, 4) is 0 Å². The number of nitrogens with one attached hydrogen (secondary N) is 15. The number of allylic oxidation sites excluding steroid dienone is 2. The number of ketones is 5. The molecule has 3 aromatic carbocycles. The number of Topliss-reactive ketones (excluding diaryl/α,β-unsaturated/α-hetero) is 5. The second-order valence-electron chi connectivity index (χ2n) is 38.2. The number of fused-ring (bicyclic) bond motifs is 1. The Morgan fingerprint density at radius 1 is 0.539 bits per heavy atom. The Hall–Kier alpha value is -13.3. The van der Waals surface area contributed by atoms with E-state index in [4.69, 9.17) is 11.5 Å². The molecule has 1 fully saturated rings. The fourth-order valence-electron chi connectivity index (χ4n) is 16.3. The number of aromatic nitrogens is 1. The number of para-hydroxylation sites is 1. The molecule has 2 heterocycles. The molecule has 0 spiro atoms. The number of carbonyl (C=O) groups is 21. The largest absolute Gasteiger partial charge is 0.481 e. The maximum absolute atomic E-state index is 15.6. The monoisotopic (exact) mass is 1970 g/mol. The van der Waals surface area contributed by atoms with E-state index in [-0.39, 0.29) is 87.4 Å². The van der Waals surface area contributed by atoms with Crippen molar-refractivity contribution in [1.29, 1.82) is 0 Å². The van der Waals surface area contributed by atoms with Crippen LogP contribution in [-0.2, 0) is 115 Å². The number of aliphatic hydroxyl groups is 1. The summed E-state index contributed by atoms with van der Waals surface area (Å²) < 4.78 is 0. The zero-order chi connectivity index (χ0) is 105. The first kappa shape index (κ1) is 116. The number of aromatic amines is 1. The van der Waals surface area contributed by atoms with Gasteiger partial charge in [-0.05, 0) is 186 Å². The van der Waals surface area contributed by atoms with Crippen molar-refractivity contribution in [2.24, 2.45) is 41.1 Å². The fraction of sp³-hybridized carbons (Fsp3) is 0.570. The molecule has 0 radical (unpaired) electrons. The normalized spacial score (nSPS) is 22.4. The molecule has 0 saturated heterocycles. The SMILES string of the molecule is CC(=O)N[C@@H](CC(C)C)C(=O)N[C@H](C(=O)N[C@@H](Cc1ccccc1)C(=O)N[C@@]1(C)CCCCCC/C=C/CCC[C@@](C)(C(=O)NC(C)C(=O)N[C@@H](C)C(=O)NC(C)C(=O)N[C@@H](C)C(=O)C(=O)[C@H](C)NC[C@H](C)C(N)=O)NC(=O)[C@H](CC2CCC2)CN[C@@H](CCC(N)=O)C(=O)C(=O)C(C)NC(=O)[C@H](Cc2c[nH]c3ccccc23)CC(=O)[C@H](Cc2ccc(C(=O)O)cc2)NC(=O)[C@H](CCC(=O)O)NC1=O)[C@@H](C)O. The molecule has 772 valence electrons. The number of amides is 14. The molecule has 1 aliphatic carbocycles. The molecule has 4 aromatic rings. The maximum atomic E-state index is 15.6. The van der Waals surface area contributed by atoms with E-state index in [9.17, 15) is 82.4 Å². The summed E-state index contributed by atoms with van der Waals surface area (Å²) in [4.78, 5) is 297. The number of aliphatic carboxylic acids is 1. The maximum Gasteiger partial charge on any atom is 0.335 e. The first-order chi connectivity index (χ1) is 66.4. The average Bonchev–Trinajstić information content (AvgIpc) is 1.68. The van der Waals surface area contributed by atoms with Gasteiger partial charge in [0, 0.05) is 74.6 Å². The number of carboxylic acid groups (broad SMARTS) is 2. The third-order valence-corrected chi connectivity index (χ3v) is 25.4. The molecule has 6 rings (SSSR count). The first-order valence-corrected chi connectivity index (χ1v) is 48.3. The third-order valence-electron chi connectivity index (χ3n) is 25.4. The molecule has 141 heavy (non-hydrogen) atoms. The number of hydrogen-bond donors (Lipinski definition) is 20. The van der Waals surface area contributed by atoms with Crippen LogP contribution in [0.1, 0.15) is 239 Å². The smallest absolute Gasteiger partial charge is 0.335 e. The van der Waals surface area contributed by atoms with Crippen molar-refractivity contribution in [2.75, 3.05) is 13.1 Å². The van der Waals surface area contributed by atoms with Crippen molar-refractivity contribution >= 4 is 134 Å². The van der Waals surface area contributed by atoms with Crippen LogP contribution in [0.5, 0.6) is 0 Å². The highest BCUT2D eigenvalue weighted by Crippen LogP contribution is 2.34. The Kier molecular flexibility index (Phi) is 46.4. The summed E-state index contributed by atoms with van der Waals surface area (Å²) >= 11 is 0. The van der Waals surface area contributed by atoms with Gasteiger partial charge in [-0.1, -0.05) is 132 Å².